The molecule has 1 saturated heterocycles. The average Bonchev–Trinajstić information content (AvgIpc) is 2.89. The van der Waals surface area contributed by atoms with Crippen LogP contribution in [0.1, 0.15) is 27.2 Å². The minimum atomic E-state index is -1.04. The highest BCUT2D eigenvalue weighted by Crippen LogP contribution is 2.36. The summed E-state index contributed by atoms with van der Waals surface area (Å²) in [6.45, 7) is 6.63. The van der Waals surface area contributed by atoms with Crippen LogP contribution in [0.3, 0.4) is 0 Å². The van der Waals surface area contributed by atoms with E-state index >= 15 is 0 Å². The van der Waals surface area contributed by atoms with Gasteiger partial charge in [-0.3, -0.25) is 4.90 Å². The lowest BCUT2D eigenvalue weighted by atomic mass is 10.1. The lowest BCUT2D eigenvalue weighted by Gasteiger charge is -2.36. The summed E-state index contributed by atoms with van der Waals surface area (Å²) in [7, 11) is 0. The van der Waals surface area contributed by atoms with Gasteiger partial charge in [0, 0.05) is 43.7 Å². The summed E-state index contributed by atoms with van der Waals surface area (Å²) in [6.07, 6.45) is 0. The Morgan fingerprint density at radius 1 is 0.886 bits per heavy atom. The Labute approximate surface area is 205 Å². The number of benzene rings is 3. The molecule has 0 spiro atoms. The predicted octanol–water partition coefficient (Wildman–Crippen LogP) is 5.14. The van der Waals surface area contributed by atoms with E-state index < -0.39 is 5.97 Å². The van der Waals surface area contributed by atoms with Crippen LogP contribution in [0, 0.1) is 6.92 Å². The number of fused-ring (bicyclic) bond motifs is 1. The summed E-state index contributed by atoms with van der Waals surface area (Å²) in [5, 5.41) is 10.7. The number of aromatic carboxylic acids is 1. The van der Waals surface area contributed by atoms with Crippen molar-refractivity contribution in [3.8, 4) is 5.75 Å². The van der Waals surface area contributed by atoms with Crippen molar-refractivity contribution in [1.29, 1.82) is 0 Å². The molecular formula is C29H29N3O3. The summed E-state index contributed by atoms with van der Waals surface area (Å²) in [6, 6.07) is 26.4. The third kappa shape index (κ3) is 4.98. The lowest BCUT2D eigenvalue weighted by Crippen LogP contribution is -2.46. The minimum Gasteiger partial charge on any atom is -0.488 e. The Balaban J connectivity index is 1.43. The van der Waals surface area contributed by atoms with Crippen molar-refractivity contribution in [1.82, 2.24) is 9.88 Å². The lowest BCUT2D eigenvalue weighted by molar-refractivity contribution is 0.0689. The molecule has 1 fully saturated rings. The molecule has 0 radical (unpaired) electrons. The fourth-order valence-electron chi connectivity index (χ4n) is 4.70. The third-order valence-electron chi connectivity index (χ3n) is 6.57. The van der Waals surface area contributed by atoms with Crippen LogP contribution in [0.4, 0.5) is 5.69 Å². The predicted molar refractivity (Wildman–Crippen MR) is 138 cm³/mol. The number of para-hydroxylation sites is 1. The maximum Gasteiger partial charge on any atom is 0.354 e. The van der Waals surface area contributed by atoms with Crippen molar-refractivity contribution < 1.29 is 14.6 Å². The van der Waals surface area contributed by atoms with E-state index in [-0.39, 0.29) is 5.69 Å². The maximum absolute atomic E-state index is 12.1. The molecule has 0 unspecified atom stereocenters. The van der Waals surface area contributed by atoms with Crippen LogP contribution >= 0.6 is 0 Å². The third-order valence-corrected chi connectivity index (χ3v) is 6.57. The number of hydrogen-bond acceptors (Lipinski definition) is 5. The van der Waals surface area contributed by atoms with Gasteiger partial charge >= 0.3 is 5.97 Å². The summed E-state index contributed by atoms with van der Waals surface area (Å²) in [5.41, 5.74) is 4.56. The highest BCUT2D eigenvalue weighted by molar-refractivity contribution is 6.00. The van der Waals surface area contributed by atoms with Crippen LogP contribution in [0.5, 0.6) is 5.75 Å². The van der Waals surface area contributed by atoms with Crippen molar-refractivity contribution in [3.63, 3.8) is 0 Å². The number of piperazine rings is 1. The Hall–Kier alpha value is -3.90. The van der Waals surface area contributed by atoms with Gasteiger partial charge in [-0.15, -0.1) is 0 Å². The van der Waals surface area contributed by atoms with E-state index in [0.717, 1.165) is 49.4 Å². The Kier molecular flexibility index (Phi) is 6.64. The zero-order valence-corrected chi connectivity index (χ0v) is 19.9. The molecule has 178 valence electrons. The molecule has 5 rings (SSSR count). The summed E-state index contributed by atoms with van der Waals surface area (Å²) in [4.78, 5) is 21.4. The number of carboxylic acids is 1. The summed E-state index contributed by atoms with van der Waals surface area (Å²) < 4.78 is 6.22. The number of nitrogens with zero attached hydrogens (tertiary/aromatic N) is 3. The van der Waals surface area contributed by atoms with Gasteiger partial charge in [0.1, 0.15) is 12.4 Å². The molecule has 0 aliphatic carbocycles. The first-order valence-corrected chi connectivity index (χ1v) is 11.9. The Morgan fingerprint density at radius 3 is 2.20 bits per heavy atom. The van der Waals surface area contributed by atoms with E-state index in [0.29, 0.717) is 23.4 Å². The zero-order valence-electron chi connectivity index (χ0n) is 19.9. The van der Waals surface area contributed by atoms with Gasteiger partial charge in [0.25, 0.3) is 0 Å². The van der Waals surface area contributed by atoms with Gasteiger partial charge in [0.15, 0.2) is 5.69 Å². The van der Waals surface area contributed by atoms with Crippen LogP contribution in [-0.2, 0) is 13.2 Å². The molecule has 3 aromatic carbocycles. The molecule has 1 aromatic heterocycles. The SMILES string of the molecule is Cc1c(C(=O)O)nc2c(N3CCN(Cc4ccccc4)CC3)cccc2c1OCc1ccccc1. The fourth-order valence-corrected chi connectivity index (χ4v) is 4.70. The van der Waals surface area contributed by atoms with E-state index in [2.05, 4.69) is 39.0 Å². The number of pyridine rings is 1. The van der Waals surface area contributed by atoms with Crippen molar-refractivity contribution in [3.05, 3.63) is 101 Å². The molecule has 0 saturated carbocycles. The fraction of sp³-hybridized carbons (Fsp3) is 0.241. The van der Waals surface area contributed by atoms with Gasteiger partial charge in [-0.05, 0) is 30.2 Å². The van der Waals surface area contributed by atoms with Crippen molar-refractivity contribution >= 4 is 22.6 Å². The number of aromatic nitrogens is 1. The summed E-state index contributed by atoms with van der Waals surface area (Å²) >= 11 is 0. The normalized spacial score (nSPS) is 14.3. The quantitative estimate of drug-likeness (QED) is 0.406. The monoisotopic (exact) mass is 467 g/mol. The molecule has 4 aromatic rings. The van der Waals surface area contributed by atoms with Crippen LogP contribution in [-0.4, -0.2) is 47.1 Å². The highest BCUT2D eigenvalue weighted by atomic mass is 16.5. The molecule has 1 N–H and O–H groups in total. The van der Waals surface area contributed by atoms with Crippen LogP contribution < -0.4 is 9.64 Å². The Morgan fingerprint density at radius 2 is 1.54 bits per heavy atom. The van der Waals surface area contributed by atoms with Crippen LogP contribution in [0.2, 0.25) is 0 Å². The van der Waals surface area contributed by atoms with Crippen LogP contribution in [0.15, 0.2) is 78.9 Å². The molecular weight excluding hydrogens is 438 g/mol. The minimum absolute atomic E-state index is 0.0377. The number of rotatable bonds is 7. The van der Waals surface area contributed by atoms with E-state index in [9.17, 15) is 9.90 Å². The van der Waals surface area contributed by atoms with Gasteiger partial charge in [0.2, 0.25) is 0 Å². The number of anilines is 1. The molecule has 2 heterocycles. The van der Waals surface area contributed by atoms with E-state index in [1.807, 2.05) is 54.6 Å². The van der Waals surface area contributed by atoms with Gasteiger partial charge in [-0.1, -0.05) is 66.7 Å². The molecule has 1 aliphatic rings. The van der Waals surface area contributed by atoms with Crippen LogP contribution in [0.25, 0.3) is 10.9 Å². The highest BCUT2D eigenvalue weighted by Gasteiger charge is 2.23. The molecule has 0 amide bonds. The number of ether oxygens (including phenoxy) is 1. The zero-order chi connectivity index (χ0) is 24.2. The molecule has 1 aliphatic heterocycles. The molecule has 6 heteroatoms. The second kappa shape index (κ2) is 10.2. The Bertz CT molecular complexity index is 1320. The first-order chi connectivity index (χ1) is 17.1. The molecule has 0 atom stereocenters. The van der Waals surface area contributed by atoms with E-state index in [1.165, 1.54) is 5.56 Å². The number of carbonyl (C=O) groups is 1. The summed E-state index contributed by atoms with van der Waals surface area (Å²) in [5.74, 6) is -0.461. The van der Waals surface area contributed by atoms with Crippen molar-refractivity contribution in [2.45, 2.75) is 20.1 Å². The number of carboxylic acid groups (broad SMARTS) is 1. The van der Waals surface area contributed by atoms with Gasteiger partial charge in [-0.2, -0.15) is 0 Å². The average molecular weight is 468 g/mol. The van der Waals surface area contributed by atoms with Crippen molar-refractivity contribution in [2.24, 2.45) is 0 Å². The smallest absolute Gasteiger partial charge is 0.354 e. The van der Waals surface area contributed by atoms with E-state index in [4.69, 9.17) is 4.74 Å². The van der Waals surface area contributed by atoms with E-state index in [1.54, 1.807) is 6.92 Å². The largest absolute Gasteiger partial charge is 0.488 e. The topological polar surface area (TPSA) is 65.9 Å². The number of hydrogen-bond donors (Lipinski definition) is 1. The second-order valence-corrected chi connectivity index (χ2v) is 8.92. The molecule has 0 bridgehead atoms. The first kappa shape index (κ1) is 22.9. The molecule has 6 nitrogen and oxygen atoms in total. The van der Waals surface area contributed by atoms with Gasteiger partial charge in [-0.25, -0.2) is 9.78 Å². The second-order valence-electron chi connectivity index (χ2n) is 8.92. The van der Waals surface area contributed by atoms with Gasteiger partial charge in [0.05, 0.1) is 11.2 Å². The standard InChI is InChI=1S/C29H29N3O3/c1-21-26(29(33)34)30-27-24(28(21)35-20-23-11-6-3-7-12-23)13-8-14-25(27)32-17-15-31(16-18-32)19-22-9-4-2-5-10-22/h2-14H,15-20H2,1H3,(H,33,34). The van der Waals surface area contributed by atoms with Crippen molar-refractivity contribution in [2.75, 3.05) is 31.1 Å². The van der Waals surface area contributed by atoms with Gasteiger partial charge < -0.3 is 14.7 Å². The molecule has 35 heavy (non-hydrogen) atoms. The maximum atomic E-state index is 12.1. The first-order valence-electron chi connectivity index (χ1n) is 11.9.